The standard InChI is InChI=1S/C14H18N2/c1-10-11-6-8-16(9-7-11)14(10)12-4-2-3-5-13(12)15/h2-5,11H,6-9,15H2,1H3. The number of rotatable bonds is 1. The first-order valence-corrected chi connectivity index (χ1v) is 6.08. The molecule has 0 atom stereocenters. The molecule has 0 aliphatic carbocycles. The molecule has 3 aliphatic rings. The van der Waals surface area contributed by atoms with Crippen LogP contribution in [0.25, 0.3) is 5.70 Å². The fourth-order valence-electron chi connectivity index (χ4n) is 3.07. The first-order chi connectivity index (χ1) is 7.77. The van der Waals surface area contributed by atoms with E-state index in [1.165, 1.54) is 42.8 Å². The van der Waals surface area contributed by atoms with Gasteiger partial charge in [-0.1, -0.05) is 18.2 Å². The molecule has 0 spiro atoms. The van der Waals surface area contributed by atoms with Crippen LogP contribution in [0.15, 0.2) is 29.8 Å². The van der Waals surface area contributed by atoms with Gasteiger partial charge in [-0.2, -0.15) is 0 Å². The summed E-state index contributed by atoms with van der Waals surface area (Å²) in [5, 5.41) is 0. The molecular formula is C14H18N2. The minimum atomic E-state index is 0.791. The van der Waals surface area contributed by atoms with E-state index in [9.17, 15) is 0 Å². The SMILES string of the molecule is CC1=C(c2ccccc2N)N2CCC1CC2. The lowest BCUT2D eigenvalue weighted by Gasteiger charge is -2.43. The molecule has 16 heavy (non-hydrogen) atoms. The molecule has 2 N–H and O–H groups in total. The predicted molar refractivity (Wildman–Crippen MR) is 67.7 cm³/mol. The second kappa shape index (κ2) is 3.55. The number of hydrogen-bond acceptors (Lipinski definition) is 2. The van der Waals surface area contributed by atoms with Gasteiger partial charge in [0.25, 0.3) is 0 Å². The van der Waals surface area contributed by atoms with E-state index in [1.54, 1.807) is 0 Å². The fraction of sp³-hybridized carbons (Fsp3) is 0.429. The zero-order valence-corrected chi connectivity index (χ0v) is 9.74. The number of para-hydroxylation sites is 1. The number of fused-ring (bicyclic) bond motifs is 2. The van der Waals surface area contributed by atoms with Gasteiger partial charge < -0.3 is 10.6 Å². The molecule has 2 nitrogen and oxygen atoms in total. The topological polar surface area (TPSA) is 29.3 Å². The van der Waals surface area contributed by atoms with Crippen LogP contribution in [0, 0.1) is 5.92 Å². The van der Waals surface area contributed by atoms with Crippen LogP contribution in [0.2, 0.25) is 0 Å². The summed E-state index contributed by atoms with van der Waals surface area (Å²) in [6, 6.07) is 8.23. The third kappa shape index (κ3) is 1.33. The maximum absolute atomic E-state index is 6.08. The van der Waals surface area contributed by atoms with Gasteiger partial charge in [-0.3, -0.25) is 0 Å². The second-order valence-electron chi connectivity index (χ2n) is 4.88. The van der Waals surface area contributed by atoms with Gasteiger partial charge in [-0.05, 0) is 37.3 Å². The van der Waals surface area contributed by atoms with Gasteiger partial charge in [0.15, 0.2) is 0 Å². The van der Waals surface area contributed by atoms with E-state index < -0.39 is 0 Å². The van der Waals surface area contributed by atoms with Crippen molar-refractivity contribution in [1.29, 1.82) is 0 Å². The van der Waals surface area contributed by atoms with Crippen molar-refractivity contribution in [3.8, 4) is 0 Å². The molecule has 0 aromatic heterocycles. The maximum Gasteiger partial charge on any atom is 0.0452 e. The van der Waals surface area contributed by atoms with Gasteiger partial charge in [0.1, 0.15) is 0 Å². The summed E-state index contributed by atoms with van der Waals surface area (Å²) in [5.41, 5.74) is 11.2. The third-order valence-electron chi connectivity index (χ3n) is 4.01. The highest BCUT2D eigenvalue weighted by atomic mass is 15.2. The van der Waals surface area contributed by atoms with Crippen LogP contribution < -0.4 is 5.73 Å². The summed E-state index contributed by atoms with van der Waals surface area (Å²) >= 11 is 0. The van der Waals surface area contributed by atoms with Gasteiger partial charge in [0.05, 0.1) is 0 Å². The molecular weight excluding hydrogens is 196 g/mol. The third-order valence-corrected chi connectivity index (χ3v) is 4.01. The molecule has 2 heteroatoms. The van der Waals surface area contributed by atoms with Crippen LogP contribution in [0.3, 0.4) is 0 Å². The molecule has 0 radical (unpaired) electrons. The number of hydrogen-bond donors (Lipinski definition) is 1. The Morgan fingerprint density at radius 2 is 1.88 bits per heavy atom. The van der Waals surface area contributed by atoms with Gasteiger partial charge in [-0.15, -0.1) is 0 Å². The monoisotopic (exact) mass is 214 g/mol. The summed E-state index contributed by atoms with van der Waals surface area (Å²) in [7, 11) is 0. The van der Waals surface area contributed by atoms with Crippen LogP contribution in [0.5, 0.6) is 0 Å². The van der Waals surface area contributed by atoms with Crippen molar-refractivity contribution in [2.75, 3.05) is 18.8 Å². The highest BCUT2D eigenvalue weighted by Gasteiger charge is 2.31. The Bertz CT molecular complexity index is 440. The Morgan fingerprint density at radius 3 is 2.50 bits per heavy atom. The fourth-order valence-corrected chi connectivity index (χ4v) is 3.07. The van der Waals surface area contributed by atoms with Crippen LogP contribution in [0.1, 0.15) is 25.3 Å². The van der Waals surface area contributed by atoms with Crippen molar-refractivity contribution in [1.82, 2.24) is 4.90 Å². The van der Waals surface area contributed by atoms with Gasteiger partial charge in [-0.25, -0.2) is 0 Å². The second-order valence-corrected chi connectivity index (χ2v) is 4.88. The number of piperidine rings is 1. The average Bonchev–Trinajstić information content (AvgIpc) is 2.32. The average molecular weight is 214 g/mol. The van der Waals surface area contributed by atoms with Crippen LogP contribution in [-0.2, 0) is 0 Å². The number of nitrogens with two attached hydrogens (primary N) is 1. The Balaban J connectivity index is 2.13. The molecule has 0 amide bonds. The van der Waals surface area contributed by atoms with Crippen LogP contribution in [-0.4, -0.2) is 18.0 Å². The number of benzene rings is 1. The summed E-state index contributed by atoms with van der Waals surface area (Å²) in [5.74, 6) is 0.791. The molecule has 84 valence electrons. The zero-order valence-electron chi connectivity index (χ0n) is 9.74. The Labute approximate surface area is 96.7 Å². The van der Waals surface area contributed by atoms with E-state index in [-0.39, 0.29) is 0 Å². The van der Waals surface area contributed by atoms with Crippen molar-refractivity contribution in [3.05, 3.63) is 35.4 Å². The van der Waals surface area contributed by atoms with Crippen molar-refractivity contribution in [2.45, 2.75) is 19.8 Å². The minimum absolute atomic E-state index is 0.791. The largest absolute Gasteiger partial charge is 0.398 e. The van der Waals surface area contributed by atoms with Crippen molar-refractivity contribution < 1.29 is 0 Å². The highest BCUT2D eigenvalue weighted by molar-refractivity contribution is 5.77. The highest BCUT2D eigenvalue weighted by Crippen LogP contribution is 2.41. The molecule has 1 fully saturated rings. The van der Waals surface area contributed by atoms with Crippen molar-refractivity contribution >= 4 is 11.4 Å². The molecule has 1 aromatic carbocycles. The Morgan fingerprint density at radius 1 is 1.19 bits per heavy atom. The molecule has 0 unspecified atom stereocenters. The molecule has 3 aliphatic heterocycles. The van der Waals surface area contributed by atoms with Gasteiger partial charge >= 0.3 is 0 Å². The molecule has 0 saturated carbocycles. The summed E-state index contributed by atoms with van der Waals surface area (Å²) in [6.45, 7) is 4.68. The van der Waals surface area contributed by atoms with E-state index in [1.807, 2.05) is 12.1 Å². The Hall–Kier alpha value is -1.44. The molecule has 4 rings (SSSR count). The minimum Gasteiger partial charge on any atom is -0.398 e. The summed E-state index contributed by atoms with van der Waals surface area (Å²) < 4.78 is 0. The molecule has 1 saturated heterocycles. The Kier molecular flexibility index (Phi) is 2.16. The van der Waals surface area contributed by atoms with E-state index in [0.717, 1.165) is 11.6 Å². The molecule has 3 heterocycles. The number of allylic oxidation sites excluding steroid dienone is 1. The van der Waals surface area contributed by atoms with Crippen molar-refractivity contribution in [3.63, 3.8) is 0 Å². The molecule has 1 aromatic rings. The van der Waals surface area contributed by atoms with Gasteiger partial charge in [0.2, 0.25) is 0 Å². The number of nitrogens with zero attached hydrogens (tertiary/aromatic N) is 1. The lowest BCUT2D eigenvalue weighted by Crippen LogP contribution is -2.39. The lowest BCUT2D eigenvalue weighted by molar-refractivity contribution is 0.248. The van der Waals surface area contributed by atoms with E-state index in [2.05, 4.69) is 24.0 Å². The zero-order chi connectivity index (χ0) is 11.1. The normalized spacial score (nSPS) is 20.7. The van der Waals surface area contributed by atoms with E-state index in [4.69, 9.17) is 5.73 Å². The quantitative estimate of drug-likeness (QED) is 0.728. The lowest BCUT2D eigenvalue weighted by atomic mass is 9.81. The van der Waals surface area contributed by atoms with E-state index in [0.29, 0.717) is 0 Å². The predicted octanol–water partition coefficient (Wildman–Crippen LogP) is 2.73. The first-order valence-electron chi connectivity index (χ1n) is 6.08. The molecule has 2 bridgehead atoms. The summed E-state index contributed by atoms with van der Waals surface area (Å²) in [6.07, 6.45) is 2.64. The van der Waals surface area contributed by atoms with Crippen molar-refractivity contribution in [2.24, 2.45) is 5.92 Å². The maximum atomic E-state index is 6.08. The first kappa shape index (κ1) is 9.76. The number of anilines is 1. The smallest absolute Gasteiger partial charge is 0.0452 e. The summed E-state index contributed by atoms with van der Waals surface area (Å²) in [4.78, 5) is 2.50. The van der Waals surface area contributed by atoms with Crippen LogP contribution >= 0.6 is 0 Å². The van der Waals surface area contributed by atoms with E-state index >= 15 is 0 Å². The van der Waals surface area contributed by atoms with Crippen LogP contribution in [0.4, 0.5) is 5.69 Å². The van der Waals surface area contributed by atoms with Gasteiger partial charge in [0, 0.05) is 30.0 Å². The number of nitrogen functional groups attached to an aromatic ring is 1.